The normalized spacial score (nSPS) is 9.94. The van der Waals surface area contributed by atoms with Crippen LogP contribution in [0.15, 0.2) is 42.9 Å². The third-order valence-electron chi connectivity index (χ3n) is 2.26. The number of rotatable bonds is 3. The van der Waals surface area contributed by atoms with E-state index < -0.39 is 5.97 Å². The van der Waals surface area contributed by atoms with Crippen LogP contribution in [0.5, 0.6) is 0 Å². The van der Waals surface area contributed by atoms with Crippen molar-refractivity contribution in [3.05, 3.63) is 48.5 Å². The van der Waals surface area contributed by atoms with Crippen LogP contribution in [-0.2, 0) is 4.74 Å². The lowest BCUT2D eigenvalue weighted by atomic mass is 10.1. The van der Waals surface area contributed by atoms with Gasteiger partial charge in [0.25, 0.3) is 0 Å². The monoisotopic (exact) mass is 228 g/mol. The van der Waals surface area contributed by atoms with Gasteiger partial charge in [0, 0.05) is 18.6 Å². The number of esters is 1. The van der Waals surface area contributed by atoms with Crippen molar-refractivity contribution in [2.24, 2.45) is 0 Å². The van der Waals surface area contributed by atoms with Crippen LogP contribution < -0.4 is 0 Å². The van der Waals surface area contributed by atoms with E-state index in [9.17, 15) is 4.79 Å². The summed E-state index contributed by atoms with van der Waals surface area (Å²) in [6.07, 6.45) is 5.02. The van der Waals surface area contributed by atoms with E-state index in [4.69, 9.17) is 4.74 Å². The second kappa shape index (κ2) is 5.21. The van der Waals surface area contributed by atoms with Crippen molar-refractivity contribution in [2.45, 2.75) is 6.92 Å². The Bertz CT molecular complexity index is 512. The Hall–Kier alpha value is -2.23. The summed E-state index contributed by atoms with van der Waals surface area (Å²) in [5, 5.41) is 0. The number of carbonyl (C=O) groups is 1. The highest BCUT2D eigenvalue weighted by molar-refractivity contribution is 5.88. The highest BCUT2D eigenvalue weighted by Gasteiger charge is 2.09. The fourth-order valence-electron chi connectivity index (χ4n) is 1.47. The van der Waals surface area contributed by atoms with Crippen molar-refractivity contribution in [1.82, 2.24) is 9.97 Å². The van der Waals surface area contributed by atoms with Gasteiger partial charge in [-0.25, -0.2) is 9.78 Å². The number of nitrogens with zero attached hydrogens (tertiary/aromatic N) is 2. The summed E-state index contributed by atoms with van der Waals surface area (Å²) in [6.45, 7) is 2.12. The van der Waals surface area contributed by atoms with Crippen LogP contribution in [0, 0.1) is 0 Å². The molecule has 0 spiro atoms. The lowest BCUT2D eigenvalue weighted by Crippen LogP contribution is -2.06. The first-order valence-corrected chi connectivity index (χ1v) is 5.35. The highest BCUT2D eigenvalue weighted by atomic mass is 16.5. The number of aromatic nitrogens is 2. The van der Waals surface area contributed by atoms with Crippen molar-refractivity contribution in [3.8, 4) is 11.1 Å². The zero-order chi connectivity index (χ0) is 12.1. The van der Waals surface area contributed by atoms with Crippen molar-refractivity contribution in [3.63, 3.8) is 0 Å². The molecule has 2 rings (SSSR count). The Kier molecular flexibility index (Phi) is 3.45. The maximum Gasteiger partial charge on any atom is 0.356 e. The smallest absolute Gasteiger partial charge is 0.356 e. The average molecular weight is 228 g/mol. The molecule has 4 nitrogen and oxygen atoms in total. The minimum atomic E-state index is -0.400. The van der Waals surface area contributed by atoms with E-state index in [2.05, 4.69) is 9.97 Å². The minimum Gasteiger partial charge on any atom is -0.461 e. The zero-order valence-electron chi connectivity index (χ0n) is 9.46. The summed E-state index contributed by atoms with van der Waals surface area (Å²) in [6, 6.07) is 7.32. The van der Waals surface area contributed by atoms with Gasteiger partial charge in [0.15, 0.2) is 0 Å². The van der Waals surface area contributed by atoms with E-state index >= 15 is 0 Å². The maximum absolute atomic E-state index is 11.5. The van der Waals surface area contributed by atoms with Crippen LogP contribution in [0.3, 0.4) is 0 Å². The topological polar surface area (TPSA) is 52.1 Å². The van der Waals surface area contributed by atoms with Gasteiger partial charge < -0.3 is 4.74 Å². The molecule has 0 fully saturated rings. The van der Waals surface area contributed by atoms with Crippen molar-refractivity contribution >= 4 is 5.97 Å². The Morgan fingerprint density at radius 3 is 2.59 bits per heavy atom. The van der Waals surface area contributed by atoms with Gasteiger partial charge in [-0.2, -0.15) is 0 Å². The molecule has 0 saturated heterocycles. The average Bonchev–Trinajstić information content (AvgIpc) is 2.40. The van der Waals surface area contributed by atoms with Gasteiger partial charge in [-0.1, -0.05) is 0 Å². The predicted molar refractivity (Wildman–Crippen MR) is 63.4 cm³/mol. The quantitative estimate of drug-likeness (QED) is 0.756. The predicted octanol–water partition coefficient (Wildman–Crippen LogP) is 2.32. The first kappa shape index (κ1) is 11.3. The Morgan fingerprint density at radius 1 is 1.18 bits per heavy atom. The molecule has 0 aliphatic heterocycles. The first-order valence-electron chi connectivity index (χ1n) is 5.35. The SMILES string of the molecule is CCOC(=O)c1cc(-c2ccncc2)ccn1. The van der Waals surface area contributed by atoms with Crippen molar-refractivity contribution < 1.29 is 9.53 Å². The Labute approximate surface area is 99.3 Å². The molecule has 0 N–H and O–H groups in total. The third kappa shape index (κ3) is 2.66. The van der Waals surface area contributed by atoms with E-state index in [1.807, 2.05) is 18.2 Å². The van der Waals surface area contributed by atoms with Gasteiger partial charge in [0.05, 0.1) is 6.61 Å². The maximum atomic E-state index is 11.5. The second-order valence-electron chi connectivity index (χ2n) is 3.39. The van der Waals surface area contributed by atoms with Crippen molar-refractivity contribution in [2.75, 3.05) is 6.61 Å². The Balaban J connectivity index is 2.32. The van der Waals surface area contributed by atoms with E-state index in [0.29, 0.717) is 12.3 Å². The largest absolute Gasteiger partial charge is 0.461 e. The molecule has 17 heavy (non-hydrogen) atoms. The number of hydrogen-bond donors (Lipinski definition) is 0. The summed E-state index contributed by atoms with van der Waals surface area (Å²) in [5.74, 6) is -0.400. The molecular formula is C13H12N2O2. The van der Waals surface area contributed by atoms with Gasteiger partial charge in [-0.15, -0.1) is 0 Å². The van der Waals surface area contributed by atoms with Gasteiger partial charge >= 0.3 is 5.97 Å². The lowest BCUT2D eigenvalue weighted by molar-refractivity contribution is 0.0519. The molecule has 2 heterocycles. The number of hydrogen-bond acceptors (Lipinski definition) is 4. The molecule has 4 heteroatoms. The molecule has 0 unspecified atom stereocenters. The molecule has 0 aliphatic carbocycles. The second-order valence-corrected chi connectivity index (χ2v) is 3.39. The highest BCUT2D eigenvalue weighted by Crippen LogP contribution is 2.18. The molecule has 86 valence electrons. The van der Waals surface area contributed by atoms with Crippen LogP contribution in [0.25, 0.3) is 11.1 Å². The minimum absolute atomic E-state index is 0.321. The summed E-state index contributed by atoms with van der Waals surface area (Å²) in [5.41, 5.74) is 2.24. The van der Waals surface area contributed by atoms with Crippen LogP contribution in [-0.4, -0.2) is 22.5 Å². The molecule has 2 aromatic heterocycles. The summed E-state index contributed by atoms with van der Waals surface area (Å²) < 4.78 is 4.91. The van der Waals surface area contributed by atoms with Gasteiger partial charge in [0.2, 0.25) is 0 Å². The standard InChI is InChI=1S/C13H12N2O2/c1-2-17-13(16)12-9-11(5-8-15-12)10-3-6-14-7-4-10/h3-9H,2H2,1H3. The third-order valence-corrected chi connectivity index (χ3v) is 2.26. The van der Waals surface area contributed by atoms with E-state index in [-0.39, 0.29) is 0 Å². The van der Waals surface area contributed by atoms with Gasteiger partial charge in [-0.3, -0.25) is 4.98 Å². The molecule has 0 aliphatic rings. The summed E-state index contributed by atoms with van der Waals surface area (Å²) in [4.78, 5) is 19.5. The molecular weight excluding hydrogens is 216 g/mol. The summed E-state index contributed by atoms with van der Waals surface area (Å²) >= 11 is 0. The lowest BCUT2D eigenvalue weighted by Gasteiger charge is -2.04. The number of carbonyl (C=O) groups excluding carboxylic acids is 1. The van der Waals surface area contributed by atoms with E-state index in [0.717, 1.165) is 11.1 Å². The number of pyridine rings is 2. The van der Waals surface area contributed by atoms with Crippen LogP contribution in [0.2, 0.25) is 0 Å². The van der Waals surface area contributed by atoms with Gasteiger partial charge in [-0.05, 0) is 42.3 Å². The van der Waals surface area contributed by atoms with Crippen molar-refractivity contribution in [1.29, 1.82) is 0 Å². The molecule has 0 saturated carbocycles. The molecule has 0 radical (unpaired) electrons. The van der Waals surface area contributed by atoms with E-state index in [1.165, 1.54) is 0 Å². The van der Waals surface area contributed by atoms with E-state index in [1.54, 1.807) is 31.6 Å². The first-order chi connectivity index (χ1) is 8.31. The Morgan fingerprint density at radius 2 is 1.88 bits per heavy atom. The molecule has 2 aromatic rings. The number of ether oxygens (including phenoxy) is 1. The fourth-order valence-corrected chi connectivity index (χ4v) is 1.47. The summed E-state index contributed by atoms with van der Waals surface area (Å²) in [7, 11) is 0. The molecule has 0 bridgehead atoms. The van der Waals surface area contributed by atoms with Gasteiger partial charge in [0.1, 0.15) is 5.69 Å². The van der Waals surface area contributed by atoms with Crippen LogP contribution >= 0.6 is 0 Å². The fraction of sp³-hybridized carbons (Fsp3) is 0.154. The molecule has 0 aromatic carbocycles. The van der Waals surface area contributed by atoms with Crippen LogP contribution in [0.1, 0.15) is 17.4 Å². The molecule has 0 atom stereocenters. The zero-order valence-corrected chi connectivity index (χ0v) is 9.46. The molecule has 0 amide bonds. The van der Waals surface area contributed by atoms with Crippen LogP contribution in [0.4, 0.5) is 0 Å².